The molecule has 1 aliphatic heterocycles. The number of amides is 1. The molecule has 1 aromatic rings. The highest BCUT2D eigenvalue weighted by Gasteiger charge is 2.25. The lowest BCUT2D eigenvalue weighted by Crippen LogP contribution is -2.31. The fourth-order valence-corrected chi connectivity index (χ4v) is 2.31. The van der Waals surface area contributed by atoms with E-state index in [4.69, 9.17) is 4.74 Å². The minimum Gasteiger partial charge on any atom is -0.496 e. The van der Waals surface area contributed by atoms with Crippen molar-refractivity contribution < 1.29 is 9.53 Å². The number of rotatable bonds is 3. The van der Waals surface area contributed by atoms with Crippen molar-refractivity contribution in [2.75, 3.05) is 20.2 Å². The van der Waals surface area contributed by atoms with E-state index in [9.17, 15) is 4.79 Å². The molecule has 1 aliphatic rings. The third-order valence-electron chi connectivity index (χ3n) is 3.33. The van der Waals surface area contributed by atoms with E-state index in [2.05, 4.69) is 6.07 Å². The van der Waals surface area contributed by atoms with Crippen LogP contribution in [0.15, 0.2) is 18.2 Å². The van der Waals surface area contributed by atoms with Gasteiger partial charge < -0.3 is 9.64 Å². The number of nitrogens with zero attached hydrogens (tertiary/aromatic N) is 1. The monoisotopic (exact) mass is 232 g/mol. The molecule has 1 atom stereocenters. The van der Waals surface area contributed by atoms with Crippen molar-refractivity contribution in [1.82, 2.24) is 4.90 Å². The summed E-state index contributed by atoms with van der Waals surface area (Å²) in [6.45, 7) is 3.73. The standard InChI is InChI=1S/C14H18NO2/c1-11(14(16)15-9-5-6-10-15)12-7-3-4-8-13(12)17-2/h3,7-8,11H,5-6,9-10H2,1-2H3. The summed E-state index contributed by atoms with van der Waals surface area (Å²) in [5.41, 5.74) is 0.947. The Bertz CT molecular complexity index is 397. The van der Waals surface area contributed by atoms with E-state index in [0.29, 0.717) is 0 Å². The molecule has 0 N–H and O–H groups in total. The van der Waals surface area contributed by atoms with Crippen LogP contribution < -0.4 is 4.74 Å². The number of ether oxygens (including phenoxy) is 1. The summed E-state index contributed by atoms with van der Waals surface area (Å²) in [6.07, 6.45) is 2.25. The first-order valence-corrected chi connectivity index (χ1v) is 6.07. The molecule has 3 heteroatoms. The van der Waals surface area contributed by atoms with Gasteiger partial charge in [0.2, 0.25) is 5.91 Å². The third-order valence-corrected chi connectivity index (χ3v) is 3.33. The molecule has 1 saturated heterocycles. The Morgan fingerprint density at radius 1 is 1.47 bits per heavy atom. The molecule has 0 saturated carbocycles. The predicted octanol–water partition coefficient (Wildman–Crippen LogP) is 2.22. The van der Waals surface area contributed by atoms with Gasteiger partial charge in [-0.3, -0.25) is 4.79 Å². The Morgan fingerprint density at radius 2 is 2.18 bits per heavy atom. The van der Waals surface area contributed by atoms with Crippen LogP contribution in [0.25, 0.3) is 0 Å². The minimum atomic E-state index is -0.141. The van der Waals surface area contributed by atoms with Crippen LogP contribution in [0.2, 0.25) is 0 Å². The van der Waals surface area contributed by atoms with E-state index < -0.39 is 0 Å². The van der Waals surface area contributed by atoms with E-state index in [0.717, 1.165) is 37.2 Å². The summed E-state index contributed by atoms with van der Waals surface area (Å²) < 4.78 is 5.28. The zero-order chi connectivity index (χ0) is 12.3. The van der Waals surface area contributed by atoms with Gasteiger partial charge >= 0.3 is 0 Å². The lowest BCUT2D eigenvalue weighted by atomic mass is 9.99. The average molecular weight is 232 g/mol. The van der Waals surface area contributed by atoms with Gasteiger partial charge in [0.15, 0.2) is 0 Å². The Kier molecular flexibility index (Phi) is 3.67. The van der Waals surface area contributed by atoms with Gasteiger partial charge in [0.1, 0.15) is 5.75 Å². The van der Waals surface area contributed by atoms with Gasteiger partial charge in [-0.05, 0) is 31.9 Å². The number of methoxy groups -OCH3 is 1. The first kappa shape index (κ1) is 12.0. The van der Waals surface area contributed by atoms with E-state index in [1.165, 1.54) is 0 Å². The van der Waals surface area contributed by atoms with Crippen molar-refractivity contribution >= 4 is 5.91 Å². The van der Waals surface area contributed by atoms with Gasteiger partial charge in [0.25, 0.3) is 0 Å². The second-order valence-electron chi connectivity index (χ2n) is 4.42. The second-order valence-corrected chi connectivity index (χ2v) is 4.42. The third kappa shape index (κ3) is 2.43. The maximum absolute atomic E-state index is 12.3. The number of hydrogen-bond acceptors (Lipinski definition) is 2. The number of hydrogen-bond donors (Lipinski definition) is 0. The molecule has 3 nitrogen and oxygen atoms in total. The van der Waals surface area contributed by atoms with E-state index in [1.807, 2.05) is 24.0 Å². The summed E-state index contributed by atoms with van der Waals surface area (Å²) in [5, 5.41) is 0. The van der Waals surface area contributed by atoms with Gasteiger partial charge in [-0.2, -0.15) is 0 Å². The topological polar surface area (TPSA) is 29.5 Å². The second kappa shape index (κ2) is 5.21. The molecule has 17 heavy (non-hydrogen) atoms. The summed E-state index contributed by atoms with van der Waals surface area (Å²) in [4.78, 5) is 14.2. The van der Waals surface area contributed by atoms with Crippen LogP contribution in [0.1, 0.15) is 31.2 Å². The van der Waals surface area contributed by atoms with Crippen molar-refractivity contribution in [1.29, 1.82) is 0 Å². The Labute approximate surface area is 102 Å². The number of carbonyl (C=O) groups excluding carboxylic acids is 1. The maximum atomic E-state index is 12.3. The van der Waals surface area contributed by atoms with E-state index >= 15 is 0 Å². The highest BCUT2D eigenvalue weighted by atomic mass is 16.5. The highest BCUT2D eigenvalue weighted by molar-refractivity contribution is 5.84. The molecule has 0 aliphatic carbocycles. The molecule has 1 aromatic carbocycles. The summed E-state index contributed by atoms with van der Waals surface area (Å²) in [7, 11) is 1.62. The van der Waals surface area contributed by atoms with Crippen LogP contribution in [0.3, 0.4) is 0 Å². The minimum absolute atomic E-state index is 0.141. The maximum Gasteiger partial charge on any atom is 0.229 e. The van der Waals surface area contributed by atoms with E-state index in [-0.39, 0.29) is 11.8 Å². The summed E-state index contributed by atoms with van der Waals surface area (Å²) in [5.74, 6) is 0.803. The molecule has 1 unspecified atom stereocenters. The first-order valence-electron chi connectivity index (χ1n) is 6.07. The van der Waals surface area contributed by atoms with Gasteiger partial charge in [-0.15, -0.1) is 0 Å². The fourth-order valence-electron chi connectivity index (χ4n) is 2.31. The molecule has 1 heterocycles. The smallest absolute Gasteiger partial charge is 0.229 e. The van der Waals surface area contributed by atoms with Gasteiger partial charge in [0, 0.05) is 18.7 Å². The van der Waals surface area contributed by atoms with E-state index in [1.54, 1.807) is 13.2 Å². The van der Waals surface area contributed by atoms with Gasteiger partial charge in [-0.25, -0.2) is 0 Å². The molecular weight excluding hydrogens is 214 g/mol. The SMILES string of the molecule is COc1c[c]ccc1C(C)C(=O)N1CCCC1. The largest absolute Gasteiger partial charge is 0.496 e. The van der Waals surface area contributed by atoms with Crippen LogP contribution in [0, 0.1) is 6.07 Å². The molecule has 1 fully saturated rings. The zero-order valence-electron chi connectivity index (χ0n) is 10.4. The highest BCUT2D eigenvalue weighted by Crippen LogP contribution is 2.28. The molecule has 0 aromatic heterocycles. The summed E-state index contributed by atoms with van der Waals surface area (Å²) >= 11 is 0. The Hall–Kier alpha value is -1.51. The van der Waals surface area contributed by atoms with Crippen molar-refractivity contribution in [2.24, 2.45) is 0 Å². The molecule has 1 amide bonds. The first-order chi connectivity index (χ1) is 8.24. The average Bonchev–Trinajstić information content (AvgIpc) is 2.90. The van der Waals surface area contributed by atoms with Crippen molar-refractivity contribution in [3.05, 3.63) is 29.8 Å². The number of carbonyl (C=O) groups is 1. The van der Waals surface area contributed by atoms with Crippen LogP contribution >= 0.6 is 0 Å². The lowest BCUT2D eigenvalue weighted by Gasteiger charge is -2.21. The van der Waals surface area contributed by atoms with Gasteiger partial charge in [-0.1, -0.05) is 12.1 Å². The molecule has 91 valence electrons. The zero-order valence-corrected chi connectivity index (χ0v) is 10.4. The van der Waals surface area contributed by atoms with Crippen LogP contribution in [-0.2, 0) is 4.79 Å². The van der Waals surface area contributed by atoms with Crippen molar-refractivity contribution in [3.8, 4) is 5.75 Å². The normalized spacial score (nSPS) is 16.9. The van der Waals surface area contributed by atoms with Crippen molar-refractivity contribution in [3.63, 3.8) is 0 Å². The van der Waals surface area contributed by atoms with Gasteiger partial charge in [0.05, 0.1) is 13.0 Å². The van der Waals surface area contributed by atoms with Crippen molar-refractivity contribution in [2.45, 2.75) is 25.7 Å². The number of benzene rings is 1. The molecule has 2 rings (SSSR count). The number of likely N-dealkylation sites (tertiary alicyclic amines) is 1. The molecule has 0 bridgehead atoms. The molecule has 1 radical (unpaired) electrons. The Balaban J connectivity index is 2.17. The lowest BCUT2D eigenvalue weighted by molar-refractivity contribution is -0.131. The van der Waals surface area contributed by atoms with Crippen LogP contribution in [-0.4, -0.2) is 31.0 Å². The quantitative estimate of drug-likeness (QED) is 0.799. The molecule has 0 spiro atoms. The summed E-state index contributed by atoms with van der Waals surface area (Å²) in [6, 6.07) is 8.49. The Morgan fingerprint density at radius 3 is 2.82 bits per heavy atom. The van der Waals surface area contributed by atoms with Crippen LogP contribution in [0.5, 0.6) is 5.75 Å². The predicted molar refractivity (Wildman–Crippen MR) is 66.1 cm³/mol. The molecular formula is C14H18NO2. The van der Waals surface area contributed by atoms with Crippen LogP contribution in [0.4, 0.5) is 0 Å². The fraction of sp³-hybridized carbons (Fsp3) is 0.500.